The summed E-state index contributed by atoms with van der Waals surface area (Å²) in [4.78, 5) is 0. The molecule has 2 nitrogen and oxygen atoms in total. The van der Waals surface area contributed by atoms with Crippen molar-refractivity contribution in [2.75, 3.05) is 18.4 Å². The Balaban J connectivity index is 2.14. The average molecular weight is 241 g/mol. The topological polar surface area (TPSA) is 24.1 Å². The van der Waals surface area contributed by atoms with E-state index in [0.717, 1.165) is 30.2 Å². The second-order valence-electron chi connectivity index (χ2n) is 4.96. The molecule has 0 aliphatic rings. The van der Waals surface area contributed by atoms with Crippen molar-refractivity contribution in [3.05, 3.63) is 29.3 Å². The highest BCUT2D eigenvalue weighted by molar-refractivity contribution is 6.30. The van der Waals surface area contributed by atoms with Crippen LogP contribution in [-0.4, -0.2) is 18.6 Å². The summed E-state index contributed by atoms with van der Waals surface area (Å²) in [6.45, 7) is 8.55. The van der Waals surface area contributed by atoms with Crippen LogP contribution in [0.2, 0.25) is 5.02 Å². The molecule has 16 heavy (non-hydrogen) atoms. The van der Waals surface area contributed by atoms with Gasteiger partial charge >= 0.3 is 0 Å². The van der Waals surface area contributed by atoms with Crippen molar-refractivity contribution in [3.63, 3.8) is 0 Å². The summed E-state index contributed by atoms with van der Waals surface area (Å²) in [6, 6.07) is 7.80. The van der Waals surface area contributed by atoms with Crippen LogP contribution in [0.4, 0.5) is 5.69 Å². The number of benzene rings is 1. The Morgan fingerprint density at radius 2 is 1.69 bits per heavy atom. The van der Waals surface area contributed by atoms with Crippen molar-refractivity contribution in [3.8, 4) is 0 Å². The predicted octanol–water partition coefficient (Wildman–Crippen LogP) is 3.53. The summed E-state index contributed by atoms with van der Waals surface area (Å²) >= 11 is 5.81. The zero-order chi connectivity index (χ0) is 12.0. The first-order valence-electron chi connectivity index (χ1n) is 5.72. The molecule has 1 rings (SSSR count). The quantitative estimate of drug-likeness (QED) is 0.770. The van der Waals surface area contributed by atoms with Gasteiger partial charge in [-0.05, 0) is 58.0 Å². The maximum Gasteiger partial charge on any atom is 0.0407 e. The molecule has 0 bridgehead atoms. The Labute approximate surface area is 103 Å². The van der Waals surface area contributed by atoms with Gasteiger partial charge in [0, 0.05) is 22.8 Å². The zero-order valence-electron chi connectivity index (χ0n) is 10.3. The van der Waals surface area contributed by atoms with Crippen LogP contribution in [0, 0.1) is 0 Å². The van der Waals surface area contributed by atoms with E-state index in [1.165, 1.54) is 0 Å². The fourth-order valence-corrected chi connectivity index (χ4v) is 1.48. The van der Waals surface area contributed by atoms with Gasteiger partial charge in [-0.3, -0.25) is 0 Å². The Kier molecular flexibility index (Phi) is 5.10. The largest absolute Gasteiger partial charge is 0.385 e. The van der Waals surface area contributed by atoms with E-state index in [1.807, 2.05) is 24.3 Å². The summed E-state index contributed by atoms with van der Waals surface area (Å²) in [5.74, 6) is 0. The van der Waals surface area contributed by atoms with Gasteiger partial charge in [0.1, 0.15) is 0 Å². The molecule has 0 saturated heterocycles. The number of hydrogen-bond donors (Lipinski definition) is 2. The number of nitrogens with one attached hydrogen (secondary N) is 2. The van der Waals surface area contributed by atoms with Crippen LogP contribution in [0.15, 0.2) is 24.3 Å². The molecule has 0 unspecified atom stereocenters. The summed E-state index contributed by atoms with van der Waals surface area (Å²) in [7, 11) is 0. The highest BCUT2D eigenvalue weighted by Gasteiger charge is 2.06. The smallest absolute Gasteiger partial charge is 0.0407 e. The maximum absolute atomic E-state index is 5.81. The molecule has 3 heteroatoms. The fourth-order valence-electron chi connectivity index (χ4n) is 1.35. The summed E-state index contributed by atoms with van der Waals surface area (Å²) in [6.07, 6.45) is 1.11. The average Bonchev–Trinajstić information content (AvgIpc) is 2.19. The number of hydrogen-bond acceptors (Lipinski definition) is 2. The van der Waals surface area contributed by atoms with Gasteiger partial charge < -0.3 is 10.6 Å². The standard InChI is InChI=1S/C13H21ClN2/c1-13(2,3)16-10-4-9-15-12-7-5-11(14)6-8-12/h5-8,15-16H,4,9-10H2,1-3H3. The van der Waals surface area contributed by atoms with Crippen LogP contribution in [-0.2, 0) is 0 Å². The van der Waals surface area contributed by atoms with Crippen molar-refractivity contribution in [1.82, 2.24) is 5.32 Å². The zero-order valence-corrected chi connectivity index (χ0v) is 11.1. The molecule has 90 valence electrons. The van der Waals surface area contributed by atoms with Crippen LogP contribution in [0.25, 0.3) is 0 Å². The first-order chi connectivity index (χ1) is 7.47. The van der Waals surface area contributed by atoms with Gasteiger partial charge in [0.25, 0.3) is 0 Å². The molecule has 0 atom stereocenters. The lowest BCUT2D eigenvalue weighted by Gasteiger charge is -2.20. The molecular formula is C13H21ClN2. The minimum atomic E-state index is 0.209. The Morgan fingerprint density at radius 1 is 1.06 bits per heavy atom. The Hall–Kier alpha value is -0.730. The molecule has 2 N–H and O–H groups in total. The second kappa shape index (κ2) is 6.12. The first-order valence-corrected chi connectivity index (χ1v) is 6.10. The molecule has 0 aliphatic heterocycles. The van der Waals surface area contributed by atoms with E-state index >= 15 is 0 Å². The number of anilines is 1. The first kappa shape index (κ1) is 13.3. The van der Waals surface area contributed by atoms with Gasteiger partial charge in [-0.2, -0.15) is 0 Å². The van der Waals surface area contributed by atoms with Gasteiger partial charge in [0.15, 0.2) is 0 Å². The Morgan fingerprint density at radius 3 is 2.25 bits per heavy atom. The van der Waals surface area contributed by atoms with E-state index in [2.05, 4.69) is 31.4 Å². The highest BCUT2D eigenvalue weighted by atomic mass is 35.5. The third-order valence-corrected chi connectivity index (χ3v) is 2.43. The maximum atomic E-state index is 5.81. The van der Waals surface area contributed by atoms with Gasteiger partial charge in [0.2, 0.25) is 0 Å². The van der Waals surface area contributed by atoms with Crippen molar-refractivity contribution in [2.24, 2.45) is 0 Å². The van der Waals surface area contributed by atoms with Gasteiger partial charge in [-0.15, -0.1) is 0 Å². The van der Waals surface area contributed by atoms with Crippen LogP contribution in [0.3, 0.4) is 0 Å². The third-order valence-electron chi connectivity index (χ3n) is 2.18. The monoisotopic (exact) mass is 240 g/mol. The minimum absolute atomic E-state index is 0.209. The molecule has 0 heterocycles. The molecular weight excluding hydrogens is 220 g/mol. The lowest BCUT2D eigenvalue weighted by Crippen LogP contribution is -2.36. The normalized spacial score (nSPS) is 11.5. The molecule has 0 amide bonds. The van der Waals surface area contributed by atoms with E-state index in [1.54, 1.807) is 0 Å². The summed E-state index contributed by atoms with van der Waals surface area (Å²) < 4.78 is 0. The number of rotatable bonds is 5. The van der Waals surface area contributed by atoms with E-state index in [0.29, 0.717) is 0 Å². The summed E-state index contributed by atoms with van der Waals surface area (Å²) in [5, 5.41) is 7.59. The lowest BCUT2D eigenvalue weighted by molar-refractivity contribution is 0.425. The van der Waals surface area contributed by atoms with Crippen LogP contribution < -0.4 is 10.6 Å². The molecule has 0 saturated carbocycles. The van der Waals surface area contributed by atoms with E-state index in [9.17, 15) is 0 Å². The minimum Gasteiger partial charge on any atom is -0.385 e. The molecule has 0 aromatic heterocycles. The highest BCUT2D eigenvalue weighted by Crippen LogP contribution is 2.13. The van der Waals surface area contributed by atoms with Crippen molar-refractivity contribution >= 4 is 17.3 Å². The summed E-state index contributed by atoms with van der Waals surface area (Å²) in [5.41, 5.74) is 1.33. The van der Waals surface area contributed by atoms with E-state index in [4.69, 9.17) is 11.6 Å². The predicted molar refractivity (Wildman–Crippen MR) is 72.3 cm³/mol. The molecule has 0 spiro atoms. The fraction of sp³-hybridized carbons (Fsp3) is 0.538. The molecule has 1 aromatic carbocycles. The van der Waals surface area contributed by atoms with E-state index in [-0.39, 0.29) is 5.54 Å². The van der Waals surface area contributed by atoms with Crippen molar-refractivity contribution in [2.45, 2.75) is 32.7 Å². The molecule has 0 aliphatic carbocycles. The van der Waals surface area contributed by atoms with Gasteiger partial charge in [-0.25, -0.2) is 0 Å². The van der Waals surface area contributed by atoms with Crippen molar-refractivity contribution in [1.29, 1.82) is 0 Å². The third kappa shape index (κ3) is 5.99. The molecule has 0 fully saturated rings. The lowest BCUT2D eigenvalue weighted by atomic mass is 10.1. The Bertz CT molecular complexity index is 301. The second-order valence-corrected chi connectivity index (χ2v) is 5.40. The SMILES string of the molecule is CC(C)(C)NCCCNc1ccc(Cl)cc1. The molecule has 0 radical (unpaired) electrons. The van der Waals surface area contributed by atoms with Gasteiger partial charge in [-0.1, -0.05) is 11.6 Å². The van der Waals surface area contributed by atoms with Crippen LogP contribution >= 0.6 is 11.6 Å². The van der Waals surface area contributed by atoms with Gasteiger partial charge in [0.05, 0.1) is 0 Å². The molecule has 1 aromatic rings. The number of halogens is 1. The van der Waals surface area contributed by atoms with Crippen LogP contribution in [0.1, 0.15) is 27.2 Å². The van der Waals surface area contributed by atoms with Crippen LogP contribution in [0.5, 0.6) is 0 Å². The van der Waals surface area contributed by atoms with E-state index < -0.39 is 0 Å². The van der Waals surface area contributed by atoms with Crippen molar-refractivity contribution < 1.29 is 0 Å².